The molecule has 110 valence electrons. The predicted octanol–water partition coefficient (Wildman–Crippen LogP) is 4.56. The number of benzene rings is 2. The van der Waals surface area contributed by atoms with Crippen LogP contribution < -0.4 is 5.73 Å². The lowest BCUT2D eigenvalue weighted by atomic mass is 9.87. The SMILES string of the molecule is CC(C)(C)c1ccc(Sc2cccc(F)c2C(=N)N)cc1. The minimum atomic E-state index is -0.459. The monoisotopic (exact) mass is 302 g/mol. The third-order valence-electron chi connectivity index (χ3n) is 3.19. The lowest BCUT2D eigenvalue weighted by molar-refractivity contribution is 0.590. The van der Waals surface area contributed by atoms with Crippen molar-refractivity contribution in [1.29, 1.82) is 5.41 Å². The van der Waals surface area contributed by atoms with Crippen LogP contribution >= 0.6 is 11.8 Å². The van der Waals surface area contributed by atoms with Crippen molar-refractivity contribution < 1.29 is 4.39 Å². The Hall–Kier alpha value is -1.81. The van der Waals surface area contributed by atoms with E-state index in [9.17, 15) is 4.39 Å². The summed E-state index contributed by atoms with van der Waals surface area (Å²) in [7, 11) is 0. The van der Waals surface area contributed by atoms with E-state index >= 15 is 0 Å². The molecule has 0 bridgehead atoms. The highest BCUT2D eigenvalue weighted by molar-refractivity contribution is 7.99. The van der Waals surface area contributed by atoms with Gasteiger partial charge in [-0.2, -0.15) is 0 Å². The molecule has 0 aliphatic rings. The molecule has 2 aromatic carbocycles. The van der Waals surface area contributed by atoms with E-state index in [0.29, 0.717) is 4.90 Å². The number of nitrogens with one attached hydrogen (secondary N) is 1. The highest BCUT2D eigenvalue weighted by Crippen LogP contribution is 2.33. The highest BCUT2D eigenvalue weighted by Gasteiger charge is 2.15. The second-order valence-electron chi connectivity index (χ2n) is 5.90. The smallest absolute Gasteiger partial charge is 0.135 e. The minimum absolute atomic E-state index is 0.104. The average molecular weight is 302 g/mol. The molecule has 4 heteroatoms. The number of rotatable bonds is 3. The first-order valence-electron chi connectivity index (χ1n) is 6.70. The van der Waals surface area contributed by atoms with E-state index in [1.165, 1.54) is 23.4 Å². The van der Waals surface area contributed by atoms with Crippen LogP contribution in [-0.4, -0.2) is 5.84 Å². The molecule has 0 radical (unpaired) electrons. The van der Waals surface area contributed by atoms with Gasteiger partial charge in [-0.15, -0.1) is 0 Å². The molecule has 2 rings (SSSR count). The number of nitrogen functional groups attached to an aromatic ring is 1. The maximum absolute atomic E-state index is 13.8. The van der Waals surface area contributed by atoms with Gasteiger partial charge in [-0.25, -0.2) is 4.39 Å². The summed E-state index contributed by atoms with van der Waals surface area (Å²) >= 11 is 1.42. The van der Waals surface area contributed by atoms with Gasteiger partial charge in [0.05, 0.1) is 5.56 Å². The van der Waals surface area contributed by atoms with E-state index in [2.05, 4.69) is 32.9 Å². The van der Waals surface area contributed by atoms with Crippen molar-refractivity contribution in [1.82, 2.24) is 0 Å². The van der Waals surface area contributed by atoms with Gasteiger partial charge in [0, 0.05) is 9.79 Å². The summed E-state index contributed by atoms with van der Waals surface area (Å²) in [4.78, 5) is 1.65. The number of hydrogen-bond acceptors (Lipinski definition) is 2. The van der Waals surface area contributed by atoms with Crippen LogP contribution in [0.4, 0.5) is 4.39 Å². The van der Waals surface area contributed by atoms with Crippen LogP contribution in [0.1, 0.15) is 31.9 Å². The summed E-state index contributed by atoms with van der Waals surface area (Å²) in [6.45, 7) is 6.49. The molecular weight excluding hydrogens is 283 g/mol. The largest absolute Gasteiger partial charge is 0.384 e. The second-order valence-corrected chi connectivity index (χ2v) is 7.02. The van der Waals surface area contributed by atoms with E-state index in [1.807, 2.05) is 12.1 Å². The van der Waals surface area contributed by atoms with Gasteiger partial charge in [0.15, 0.2) is 0 Å². The van der Waals surface area contributed by atoms with Crippen molar-refractivity contribution in [2.75, 3.05) is 0 Å². The second kappa shape index (κ2) is 5.90. The Bertz CT molecular complexity index is 657. The van der Waals surface area contributed by atoms with E-state index in [1.54, 1.807) is 12.1 Å². The Morgan fingerprint density at radius 2 is 1.71 bits per heavy atom. The van der Waals surface area contributed by atoms with Gasteiger partial charge in [-0.3, -0.25) is 5.41 Å². The fourth-order valence-corrected chi connectivity index (χ4v) is 2.98. The molecule has 21 heavy (non-hydrogen) atoms. The molecule has 2 aromatic rings. The highest BCUT2D eigenvalue weighted by atomic mass is 32.2. The quantitative estimate of drug-likeness (QED) is 0.645. The summed E-state index contributed by atoms with van der Waals surface area (Å²) < 4.78 is 13.8. The number of hydrogen-bond donors (Lipinski definition) is 2. The Morgan fingerprint density at radius 1 is 1.10 bits per heavy atom. The minimum Gasteiger partial charge on any atom is -0.384 e. The predicted molar refractivity (Wildman–Crippen MR) is 86.7 cm³/mol. The fraction of sp³-hybridized carbons (Fsp3) is 0.235. The van der Waals surface area contributed by atoms with Crippen LogP contribution in [0.3, 0.4) is 0 Å². The first-order valence-corrected chi connectivity index (χ1v) is 7.52. The standard InChI is InChI=1S/C17H19FN2S/c1-17(2,3)11-7-9-12(10-8-11)21-14-6-4-5-13(18)15(14)16(19)20/h4-10H,1-3H3,(H3,19,20). The van der Waals surface area contributed by atoms with Crippen molar-refractivity contribution in [3.8, 4) is 0 Å². The molecule has 0 amide bonds. The normalized spacial score (nSPS) is 11.4. The van der Waals surface area contributed by atoms with Crippen LogP contribution in [0, 0.1) is 11.2 Å². The number of amidine groups is 1. The lowest BCUT2D eigenvalue weighted by Gasteiger charge is -2.19. The summed E-state index contributed by atoms with van der Waals surface area (Å²) in [5, 5.41) is 7.52. The van der Waals surface area contributed by atoms with E-state index in [4.69, 9.17) is 11.1 Å². The topological polar surface area (TPSA) is 49.9 Å². The Labute approximate surface area is 129 Å². The van der Waals surface area contributed by atoms with Crippen LogP contribution in [0.25, 0.3) is 0 Å². The third-order valence-corrected chi connectivity index (χ3v) is 4.26. The maximum atomic E-state index is 13.8. The van der Waals surface area contributed by atoms with Crippen LogP contribution in [0.5, 0.6) is 0 Å². The maximum Gasteiger partial charge on any atom is 0.135 e. The van der Waals surface area contributed by atoms with E-state index < -0.39 is 5.82 Å². The zero-order chi connectivity index (χ0) is 15.6. The number of nitrogens with two attached hydrogens (primary N) is 1. The Morgan fingerprint density at radius 3 is 2.24 bits per heavy atom. The van der Waals surface area contributed by atoms with Gasteiger partial charge < -0.3 is 5.73 Å². The van der Waals surface area contributed by atoms with Crippen molar-refractivity contribution in [3.63, 3.8) is 0 Å². The van der Waals surface area contributed by atoms with Crippen LogP contribution in [0.2, 0.25) is 0 Å². The zero-order valence-corrected chi connectivity index (χ0v) is 13.2. The van der Waals surface area contributed by atoms with Gasteiger partial charge in [0.1, 0.15) is 11.7 Å². The third kappa shape index (κ3) is 3.64. The molecule has 0 heterocycles. The van der Waals surface area contributed by atoms with Crippen molar-refractivity contribution in [2.24, 2.45) is 5.73 Å². The molecule has 3 N–H and O–H groups in total. The molecule has 0 atom stereocenters. The summed E-state index contributed by atoms with van der Waals surface area (Å²) in [6, 6.07) is 12.9. The molecule has 0 aliphatic carbocycles. The van der Waals surface area contributed by atoms with E-state index in [0.717, 1.165) is 4.90 Å². The zero-order valence-electron chi connectivity index (χ0n) is 12.4. The lowest BCUT2D eigenvalue weighted by Crippen LogP contribution is -2.14. The van der Waals surface area contributed by atoms with Gasteiger partial charge in [-0.05, 0) is 35.2 Å². The Balaban J connectivity index is 2.31. The van der Waals surface area contributed by atoms with Crippen molar-refractivity contribution in [2.45, 2.75) is 36.0 Å². The molecule has 0 fully saturated rings. The van der Waals surface area contributed by atoms with Crippen molar-refractivity contribution >= 4 is 17.6 Å². The van der Waals surface area contributed by atoms with E-state index in [-0.39, 0.29) is 16.8 Å². The molecule has 0 aromatic heterocycles. The summed E-state index contributed by atoms with van der Waals surface area (Å²) in [5.74, 6) is -0.708. The molecule has 0 saturated heterocycles. The van der Waals surface area contributed by atoms with Gasteiger partial charge in [-0.1, -0.05) is 50.7 Å². The molecule has 2 nitrogen and oxygen atoms in total. The average Bonchev–Trinajstić information content (AvgIpc) is 2.38. The van der Waals surface area contributed by atoms with Gasteiger partial charge in [0.25, 0.3) is 0 Å². The molecule has 0 saturated carbocycles. The first-order chi connectivity index (χ1) is 9.79. The molecule has 0 spiro atoms. The summed E-state index contributed by atoms with van der Waals surface area (Å²) in [6.07, 6.45) is 0. The Kier molecular flexibility index (Phi) is 4.37. The van der Waals surface area contributed by atoms with Crippen molar-refractivity contribution in [3.05, 3.63) is 59.4 Å². The molecular formula is C17H19FN2S. The first kappa shape index (κ1) is 15.6. The molecule has 0 aliphatic heterocycles. The van der Waals surface area contributed by atoms with Crippen LogP contribution in [0.15, 0.2) is 52.3 Å². The summed E-state index contributed by atoms with van der Waals surface area (Å²) in [5.41, 5.74) is 7.00. The van der Waals surface area contributed by atoms with Gasteiger partial charge >= 0.3 is 0 Å². The van der Waals surface area contributed by atoms with Gasteiger partial charge in [0.2, 0.25) is 0 Å². The number of halogens is 1. The molecule has 0 unspecified atom stereocenters. The fourth-order valence-electron chi connectivity index (χ4n) is 2.00. The van der Waals surface area contributed by atoms with Crippen LogP contribution in [-0.2, 0) is 5.41 Å².